The third kappa shape index (κ3) is 2.43. The normalized spacial score (nSPS) is 18.2. The van der Waals surface area contributed by atoms with Crippen LogP contribution >= 0.6 is 15.9 Å². The van der Waals surface area contributed by atoms with Gasteiger partial charge in [-0.1, -0.05) is 42.6 Å². The number of rotatable bonds is 3. The summed E-state index contributed by atoms with van der Waals surface area (Å²) in [5, 5.41) is 10.7. The molecular formula is C16H24BrNO. The molecule has 1 saturated carbocycles. The Bertz CT molecular complexity index is 476. The third-order valence-corrected chi connectivity index (χ3v) is 5.45. The Morgan fingerprint density at radius 3 is 2.42 bits per heavy atom. The van der Waals surface area contributed by atoms with Crippen LogP contribution in [0.5, 0.6) is 5.75 Å². The smallest absolute Gasteiger partial charge is 0.123 e. The number of hydrogen-bond acceptors (Lipinski definition) is 2. The van der Waals surface area contributed by atoms with Gasteiger partial charge >= 0.3 is 0 Å². The first-order valence-electron chi connectivity index (χ1n) is 7.15. The van der Waals surface area contributed by atoms with Crippen molar-refractivity contribution >= 4 is 15.9 Å². The van der Waals surface area contributed by atoms with Crippen LogP contribution in [0.2, 0.25) is 0 Å². The molecule has 3 N–H and O–H groups in total. The second kappa shape index (κ2) is 5.45. The van der Waals surface area contributed by atoms with Crippen molar-refractivity contribution in [2.45, 2.75) is 57.8 Å². The highest BCUT2D eigenvalue weighted by molar-refractivity contribution is 9.10. The van der Waals surface area contributed by atoms with Gasteiger partial charge < -0.3 is 10.8 Å². The van der Waals surface area contributed by atoms with Crippen LogP contribution in [0.3, 0.4) is 0 Å². The minimum atomic E-state index is -0.0262. The highest BCUT2D eigenvalue weighted by atomic mass is 79.9. The summed E-state index contributed by atoms with van der Waals surface area (Å²) in [4.78, 5) is 0. The summed E-state index contributed by atoms with van der Waals surface area (Å²) in [6.07, 6.45) is 4.59. The van der Waals surface area contributed by atoms with Crippen molar-refractivity contribution < 1.29 is 5.11 Å². The van der Waals surface area contributed by atoms with E-state index >= 15 is 0 Å². The maximum atomic E-state index is 10.7. The lowest BCUT2D eigenvalue weighted by Crippen LogP contribution is -2.33. The molecule has 0 aromatic heterocycles. The minimum Gasteiger partial charge on any atom is -0.507 e. The fourth-order valence-electron chi connectivity index (χ4n) is 3.45. The molecule has 0 heterocycles. The summed E-state index contributed by atoms with van der Waals surface area (Å²) in [5.41, 5.74) is 9.32. The molecule has 1 aromatic rings. The molecule has 0 unspecified atom stereocenters. The average Bonchev–Trinajstić information content (AvgIpc) is 2.83. The van der Waals surface area contributed by atoms with Gasteiger partial charge in [0, 0.05) is 22.0 Å². The van der Waals surface area contributed by atoms with Crippen LogP contribution in [-0.4, -0.2) is 11.7 Å². The second-order valence-corrected chi connectivity index (χ2v) is 7.00. The van der Waals surface area contributed by atoms with Gasteiger partial charge in [-0.15, -0.1) is 0 Å². The van der Waals surface area contributed by atoms with Crippen molar-refractivity contribution in [3.8, 4) is 5.75 Å². The van der Waals surface area contributed by atoms with Crippen LogP contribution in [0.15, 0.2) is 10.5 Å². The molecule has 3 heteroatoms. The van der Waals surface area contributed by atoms with Gasteiger partial charge in [0.2, 0.25) is 0 Å². The molecule has 1 aliphatic rings. The van der Waals surface area contributed by atoms with E-state index in [2.05, 4.69) is 42.8 Å². The zero-order valence-electron chi connectivity index (χ0n) is 12.1. The van der Waals surface area contributed by atoms with E-state index in [0.29, 0.717) is 18.2 Å². The zero-order valence-corrected chi connectivity index (χ0v) is 13.7. The van der Waals surface area contributed by atoms with E-state index in [9.17, 15) is 5.11 Å². The predicted octanol–water partition coefficient (Wildman–Crippen LogP) is 4.36. The number of hydrogen-bond donors (Lipinski definition) is 2. The van der Waals surface area contributed by atoms with E-state index < -0.39 is 0 Å². The number of phenolic OH excluding ortho intramolecular Hbond substituents is 1. The van der Waals surface area contributed by atoms with Gasteiger partial charge in [-0.3, -0.25) is 0 Å². The van der Waals surface area contributed by atoms with Crippen LogP contribution in [0.4, 0.5) is 0 Å². The first kappa shape index (κ1) is 14.9. The zero-order chi connectivity index (χ0) is 14.2. The fraction of sp³-hybridized carbons (Fsp3) is 0.625. The molecule has 0 saturated heterocycles. The number of halogens is 1. The summed E-state index contributed by atoms with van der Waals surface area (Å²) < 4.78 is 1.09. The molecule has 0 aliphatic heterocycles. The molecule has 0 atom stereocenters. The van der Waals surface area contributed by atoms with Crippen LogP contribution < -0.4 is 5.73 Å². The van der Waals surface area contributed by atoms with Crippen molar-refractivity contribution in [2.75, 3.05) is 6.54 Å². The van der Waals surface area contributed by atoms with Crippen LogP contribution in [0, 0.1) is 6.92 Å². The van der Waals surface area contributed by atoms with Crippen molar-refractivity contribution in [3.63, 3.8) is 0 Å². The van der Waals surface area contributed by atoms with Gasteiger partial charge in [0.1, 0.15) is 5.75 Å². The van der Waals surface area contributed by atoms with Crippen molar-refractivity contribution in [1.82, 2.24) is 0 Å². The quantitative estimate of drug-likeness (QED) is 0.867. The molecule has 1 aliphatic carbocycles. The summed E-state index contributed by atoms with van der Waals surface area (Å²) in [5.74, 6) is 0.787. The first-order chi connectivity index (χ1) is 8.93. The molecule has 0 radical (unpaired) electrons. The Labute approximate surface area is 124 Å². The summed E-state index contributed by atoms with van der Waals surface area (Å²) in [6.45, 7) is 6.93. The molecule has 1 fully saturated rings. The van der Waals surface area contributed by atoms with Crippen LogP contribution in [-0.2, 0) is 5.41 Å². The Morgan fingerprint density at radius 2 is 1.95 bits per heavy atom. The maximum absolute atomic E-state index is 10.7. The molecule has 2 rings (SSSR count). The van der Waals surface area contributed by atoms with E-state index in [-0.39, 0.29) is 5.41 Å². The van der Waals surface area contributed by atoms with Crippen LogP contribution in [0.1, 0.15) is 62.1 Å². The highest BCUT2D eigenvalue weighted by Crippen LogP contribution is 2.48. The van der Waals surface area contributed by atoms with Crippen molar-refractivity contribution in [3.05, 3.63) is 27.2 Å². The Kier molecular flexibility index (Phi) is 4.26. The molecule has 0 bridgehead atoms. The van der Waals surface area contributed by atoms with E-state index in [4.69, 9.17) is 5.73 Å². The number of nitrogens with two attached hydrogens (primary N) is 1. The van der Waals surface area contributed by atoms with E-state index in [1.807, 2.05) is 0 Å². The lowest BCUT2D eigenvalue weighted by atomic mass is 9.75. The van der Waals surface area contributed by atoms with Gasteiger partial charge in [-0.05, 0) is 42.9 Å². The van der Waals surface area contributed by atoms with Gasteiger partial charge in [-0.25, -0.2) is 0 Å². The molecule has 2 nitrogen and oxygen atoms in total. The molecule has 106 valence electrons. The van der Waals surface area contributed by atoms with E-state index in [1.54, 1.807) is 0 Å². The number of phenols is 1. The van der Waals surface area contributed by atoms with Gasteiger partial charge in [0.05, 0.1) is 0 Å². The molecular weight excluding hydrogens is 302 g/mol. The number of aromatic hydroxyl groups is 1. The standard InChI is InChI=1S/C16H24BrNO/c1-10(2)12-8-13(17)11(3)14(15(12)19)16(9-18)6-4-5-7-16/h8,10,19H,4-7,9,18H2,1-3H3. The Morgan fingerprint density at radius 1 is 1.37 bits per heavy atom. The van der Waals surface area contributed by atoms with Gasteiger partial charge in [0.15, 0.2) is 0 Å². The highest BCUT2D eigenvalue weighted by Gasteiger charge is 2.38. The predicted molar refractivity (Wildman–Crippen MR) is 83.8 cm³/mol. The topological polar surface area (TPSA) is 46.2 Å². The maximum Gasteiger partial charge on any atom is 0.123 e. The third-order valence-electron chi connectivity index (χ3n) is 4.63. The Balaban J connectivity index is 2.67. The SMILES string of the molecule is Cc1c(Br)cc(C(C)C)c(O)c1C1(CN)CCCC1. The molecule has 19 heavy (non-hydrogen) atoms. The van der Waals surface area contributed by atoms with E-state index in [0.717, 1.165) is 34.0 Å². The lowest BCUT2D eigenvalue weighted by molar-refractivity contribution is 0.398. The van der Waals surface area contributed by atoms with Gasteiger partial charge in [0.25, 0.3) is 0 Å². The lowest BCUT2D eigenvalue weighted by Gasteiger charge is -2.32. The first-order valence-corrected chi connectivity index (χ1v) is 7.95. The van der Waals surface area contributed by atoms with Crippen molar-refractivity contribution in [2.24, 2.45) is 5.73 Å². The van der Waals surface area contributed by atoms with Crippen molar-refractivity contribution in [1.29, 1.82) is 0 Å². The Hall–Kier alpha value is -0.540. The molecule has 0 amide bonds. The molecule has 0 spiro atoms. The second-order valence-electron chi connectivity index (χ2n) is 6.14. The summed E-state index contributed by atoms with van der Waals surface area (Å²) in [7, 11) is 0. The van der Waals surface area contributed by atoms with E-state index in [1.165, 1.54) is 12.8 Å². The van der Waals surface area contributed by atoms with Gasteiger partial charge in [-0.2, -0.15) is 0 Å². The average molecular weight is 326 g/mol. The van der Waals surface area contributed by atoms with Crippen LogP contribution in [0.25, 0.3) is 0 Å². The summed E-state index contributed by atoms with van der Waals surface area (Å²) in [6, 6.07) is 2.05. The molecule has 1 aromatic carbocycles. The largest absolute Gasteiger partial charge is 0.507 e. The number of benzene rings is 1. The summed E-state index contributed by atoms with van der Waals surface area (Å²) >= 11 is 3.65. The minimum absolute atomic E-state index is 0.0262. The monoisotopic (exact) mass is 325 g/mol. The fourth-order valence-corrected chi connectivity index (χ4v) is 3.90.